The number of carbonyl (C=O) groups is 1. The Labute approximate surface area is 109 Å². The van der Waals surface area contributed by atoms with Gasteiger partial charge in [-0.3, -0.25) is 9.78 Å². The van der Waals surface area contributed by atoms with E-state index in [1.54, 1.807) is 4.90 Å². The first-order valence-corrected chi connectivity index (χ1v) is 6.16. The molecule has 0 N–H and O–H groups in total. The molecule has 2 rings (SSSR count). The SMILES string of the molecule is CC(=O)N1CCCC(c2ccc(C(F)(F)F)nc2)C1. The number of aromatic nitrogens is 1. The molecule has 3 nitrogen and oxygen atoms in total. The Morgan fingerprint density at radius 3 is 2.68 bits per heavy atom. The van der Waals surface area contributed by atoms with Crippen LogP contribution in [0.25, 0.3) is 0 Å². The van der Waals surface area contributed by atoms with Gasteiger partial charge in [-0.15, -0.1) is 0 Å². The predicted molar refractivity (Wildman–Crippen MR) is 63.5 cm³/mol. The molecule has 1 aromatic heterocycles. The number of alkyl halides is 3. The van der Waals surface area contributed by atoms with Gasteiger partial charge in [-0.2, -0.15) is 13.2 Å². The molecule has 6 heteroatoms. The smallest absolute Gasteiger partial charge is 0.342 e. The van der Waals surface area contributed by atoms with E-state index in [4.69, 9.17) is 0 Å². The van der Waals surface area contributed by atoms with E-state index in [0.29, 0.717) is 6.54 Å². The van der Waals surface area contributed by atoms with Crippen LogP contribution in [0, 0.1) is 0 Å². The van der Waals surface area contributed by atoms with Gasteiger partial charge in [0.2, 0.25) is 5.91 Å². The molecule has 0 bridgehead atoms. The van der Waals surface area contributed by atoms with Crippen molar-refractivity contribution in [2.45, 2.75) is 31.9 Å². The minimum Gasteiger partial charge on any atom is -0.342 e. The lowest BCUT2D eigenvalue weighted by molar-refractivity contribution is -0.141. The fourth-order valence-corrected chi connectivity index (χ4v) is 2.35. The van der Waals surface area contributed by atoms with Crippen LogP contribution in [0.2, 0.25) is 0 Å². The molecule has 104 valence electrons. The van der Waals surface area contributed by atoms with E-state index in [2.05, 4.69) is 4.98 Å². The molecule has 19 heavy (non-hydrogen) atoms. The molecule has 0 saturated carbocycles. The van der Waals surface area contributed by atoms with E-state index in [-0.39, 0.29) is 11.8 Å². The van der Waals surface area contributed by atoms with Gasteiger partial charge in [0, 0.05) is 32.1 Å². The molecule has 1 aromatic rings. The third-order valence-electron chi connectivity index (χ3n) is 3.41. The molecule has 1 fully saturated rings. The molecule has 1 atom stereocenters. The van der Waals surface area contributed by atoms with Gasteiger partial charge in [0.05, 0.1) is 0 Å². The summed E-state index contributed by atoms with van der Waals surface area (Å²) in [4.78, 5) is 16.5. The number of likely N-dealkylation sites (tertiary alicyclic amines) is 1. The van der Waals surface area contributed by atoms with Crippen LogP contribution in [0.1, 0.15) is 36.9 Å². The number of carbonyl (C=O) groups excluding carboxylic acids is 1. The second-order valence-corrected chi connectivity index (χ2v) is 4.78. The average molecular weight is 272 g/mol. The summed E-state index contributed by atoms with van der Waals surface area (Å²) in [6.07, 6.45) is -1.39. The van der Waals surface area contributed by atoms with Crippen LogP contribution >= 0.6 is 0 Å². The van der Waals surface area contributed by atoms with Crippen LogP contribution in [0.5, 0.6) is 0 Å². The molecule has 0 spiro atoms. The second kappa shape index (κ2) is 5.19. The Morgan fingerprint density at radius 2 is 2.16 bits per heavy atom. The molecule has 1 saturated heterocycles. The largest absolute Gasteiger partial charge is 0.433 e. The van der Waals surface area contributed by atoms with E-state index in [1.165, 1.54) is 19.2 Å². The molecular formula is C13H15F3N2O. The Hall–Kier alpha value is -1.59. The first-order chi connectivity index (χ1) is 8.88. The minimum absolute atomic E-state index is 0.00423. The Bertz CT molecular complexity index is 456. The lowest BCUT2D eigenvalue weighted by Crippen LogP contribution is -2.37. The highest BCUT2D eigenvalue weighted by atomic mass is 19.4. The standard InChI is InChI=1S/C13H15F3N2O/c1-9(19)18-6-2-3-11(8-18)10-4-5-12(17-7-10)13(14,15)16/h4-5,7,11H,2-3,6,8H2,1H3. The zero-order valence-electron chi connectivity index (χ0n) is 10.6. The van der Waals surface area contributed by atoms with Crippen molar-refractivity contribution < 1.29 is 18.0 Å². The summed E-state index contributed by atoms with van der Waals surface area (Å²) in [7, 11) is 0. The number of halogens is 3. The molecule has 1 aliphatic rings. The molecule has 0 aromatic carbocycles. The third-order valence-corrected chi connectivity index (χ3v) is 3.41. The van der Waals surface area contributed by atoms with Crippen LogP contribution in [-0.4, -0.2) is 28.9 Å². The highest BCUT2D eigenvalue weighted by Crippen LogP contribution is 2.30. The van der Waals surface area contributed by atoms with E-state index < -0.39 is 11.9 Å². The van der Waals surface area contributed by atoms with Gasteiger partial charge in [0.15, 0.2) is 0 Å². The number of rotatable bonds is 1. The zero-order valence-corrected chi connectivity index (χ0v) is 10.6. The predicted octanol–water partition coefficient (Wildman–Crippen LogP) is 2.83. The van der Waals surface area contributed by atoms with Crippen molar-refractivity contribution in [3.05, 3.63) is 29.6 Å². The van der Waals surface area contributed by atoms with Gasteiger partial charge in [0.25, 0.3) is 0 Å². The summed E-state index contributed by atoms with van der Waals surface area (Å²) in [6.45, 7) is 2.79. The highest BCUT2D eigenvalue weighted by Gasteiger charge is 2.32. The maximum atomic E-state index is 12.4. The summed E-state index contributed by atoms with van der Waals surface area (Å²) in [5, 5.41) is 0. The van der Waals surface area contributed by atoms with Gasteiger partial charge < -0.3 is 4.90 Å². The van der Waals surface area contributed by atoms with Gasteiger partial charge >= 0.3 is 6.18 Å². The molecule has 1 amide bonds. The summed E-state index contributed by atoms with van der Waals surface area (Å²) < 4.78 is 37.2. The Kier molecular flexibility index (Phi) is 3.78. The number of hydrogen-bond donors (Lipinski definition) is 0. The molecule has 1 aliphatic heterocycles. The zero-order chi connectivity index (χ0) is 14.0. The van der Waals surface area contributed by atoms with Crippen LogP contribution in [0.4, 0.5) is 13.2 Å². The minimum atomic E-state index is -4.41. The Balaban J connectivity index is 2.12. The van der Waals surface area contributed by atoms with Gasteiger partial charge in [-0.05, 0) is 24.5 Å². The lowest BCUT2D eigenvalue weighted by Gasteiger charge is -2.32. The van der Waals surface area contributed by atoms with E-state index in [9.17, 15) is 18.0 Å². The monoisotopic (exact) mass is 272 g/mol. The van der Waals surface area contributed by atoms with Crippen molar-refractivity contribution in [3.8, 4) is 0 Å². The number of amides is 1. The lowest BCUT2D eigenvalue weighted by atomic mass is 9.91. The maximum Gasteiger partial charge on any atom is 0.433 e. The highest BCUT2D eigenvalue weighted by molar-refractivity contribution is 5.73. The first kappa shape index (κ1) is 13.8. The van der Waals surface area contributed by atoms with Crippen molar-refractivity contribution in [1.82, 2.24) is 9.88 Å². The molecule has 0 aliphatic carbocycles. The fraction of sp³-hybridized carbons (Fsp3) is 0.538. The topological polar surface area (TPSA) is 33.2 Å². The van der Waals surface area contributed by atoms with Crippen molar-refractivity contribution in [2.75, 3.05) is 13.1 Å². The van der Waals surface area contributed by atoms with E-state index >= 15 is 0 Å². The van der Waals surface area contributed by atoms with Gasteiger partial charge in [-0.1, -0.05) is 6.07 Å². The third kappa shape index (κ3) is 3.24. The second-order valence-electron chi connectivity index (χ2n) is 4.78. The van der Waals surface area contributed by atoms with E-state index in [0.717, 1.165) is 31.0 Å². The molecular weight excluding hydrogens is 257 g/mol. The fourth-order valence-electron chi connectivity index (χ4n) is 2.35. The summed E-state index contributed by atoms with van der Waals surface area (Å²) >= 11 is 0. The quantitative estimate of drug-likeness (QED) is 0.787. The number of piperidine rings is 1. The summed E-state index contributed by atoms with van der Waals surface area (Å²) in [5.74, 6) is 0.0806. The maximum absolute atomic E-state index is 12.4. The van der Waals surface area contributed by atoms with E-state index in [1.807, 2.05) is 0 Å². The molecule has 1 unspecified atom stereocenters. The average Bonchev–Trinajstić information content (AvgIpc) is 2.38. The Morgan fingerprint density at radius 1 is 1.42 bits per heavy atom. The van der Waals surface area contributed by atoms with Gasteiger partial charge in [-0.25, -0.2) is 0 Å². The summed E-state index contributed by atoms with van der Waals surface area (Å²) in [6, 6.07) is 2.46. The van der Waals surface area contributed by atoms with Crippen LogP contribution in [-0.2, 0) is 11.0 Å². The normalized spacial score (nSPS) is 20.4. The molecule has 0 radical (unpaired) electrons. The van der Waals surface area contributed by atoms with Crippen LogP contribution in [0.3, 0.4) is 0 Å². The van der Waals surface area contributed by atoms with Crippen LogP contribution in [0.15, 0.2) is 18.3 Å². The van der Waals surface area contributed by atoms with Crippen molar-refractivity contribution >= 4 is 5.91 Å². The van der Waals surface area contributed by atoms with Crippen LogP contribution < -0.4 is 0 Å². The molecule has 2 heterocycles. The van der Waals surface area contributed by atoms with Crippen molar-refractivity contribution in [1.29, 1.82) is 0 Å². The van der Waals surface area contributed by atoms with Crippen molar-refractivity contribution in [3.63, 3.8) is 0 Å². The number of pyridine rings is 1. The summed E-state index contributed by atoms with van der Waals surface area (Å²) in [5.41, 5.74) is -0.116. The number of nitrogens with zero attached hydrogens (tertiary/aromatic N) is 2. The van der Waals surface area contributed by atoms with Crippen molar-refractivity contribution in [2.24, 2.45) is 0 Å². The first-order valence-electron chi connectivity index (χ1n) is 6.16. The van der Waals surface area contributed by atoms with Gasteiger partial charge in [0.1, 0.15) is 5.69 Å². The number of hydrogen-bond acceptors (Lipinski definition) is 2.